The molecule has 2 heterocycles. The maximum atomic E-state index is 5.57. The van der Waals surface area contributed by atoms with Crippen molar-refractivity contribution in [3.8, 4) is 0 Å². The van der Waals surface area contributed by atoms with Gasteiger partial charge >= 0.3 is 20.6 Å². The Morgan fingerprint density at radius 2 is 1.11 bits per heavy atom. The molecule has 0 spiro atoms. The average molecular weight is 366 g/mol. The van der Waals surface area contributed by atoms with E-state index in [2.05, 4.69) is 0 Å². The Labute approximate surface area is 158 Å². The molecule has 0 aromatic heterocycles. The van der Waals surface area contributed by atoms with Crippen LogP contribution in [0.5, 0.6) is 0 Å². The van der Waals surface area contributed by atoms with Crippen LogP contribution in [0, 0.1) is 0 Å². The van der Waals surface area contributed by atoms with Crippen LogP contribution < -0.4 is 0 Å². The van der Waals surface area contributed by atoms with E-state index in [1.807, 2.05) is 60.7 Å². The second-order valence-corrected chi connectivity index (χ2v) is 6.03. The largest absolute Gasteiger partial charge is 0.448 e. The predicted molar refractivity (Wildman–Crippen MR) is 97.7 cm³/mol. The van der Waals surface area contributed by atoms with Gasteiger partial charge in [-0.05, 0) is 11.1 Å². The van der Waals surface area contributed by atoms with Gasteiger partial charge in [0.15, 0.2) is 0 Å². The van der Waals surface area contributed by atoms with Crippen LogP contribution in [0.1, 0.15) is 11.1 Å². The Morgan fingerprint density at radius 3 is 1.56 bits per heavy atom. The lowest BCUT2D eigenvalue weighted by atomic mass is 10.1. The van der Waals surface area contributed by atoms with Crippen molar-refractivity contribution in [2.24, 2.45) is 0 Å². The summed E-state index contributed by atoms with van der Waals surface area (Å²) in [6, 6.07) is 20.0. The molecular formula is C20H19BO6. The summed E-state index contributed by atoms with van der Waals surface area (Å²) in [4.78, 5) is 0. The second kappa shape index (κ2) is 8.66. The number of rotatable bonds is 8. The first-order valence-corrected chi connectivity index (χ1v) is 8.68. The van der Waals surface area contributed by atoms with Crippen LogP contribution in [-0.2, 0) is 41.1 Å². The molecule has 0 N–H and O–H groups in total. The van der Waals surface area contributed by atoms with Crippen LogP contribution in [0.3, 0.4) is 0 Å². The highest BCUT2D eigenvalue weighted by molar-refractivity contribution is 6.18. The first-order valence-electron chi connectivity index (χ1n) is 8.68. The molecule has 27 heavy (non-hydrogen) atoms. The molecule has 6 nitrogen and oxygen atoms in total. The van der Waals surface area contributed by atoms with Gasteiger partial charge in [0.1, 0.15) is 24.0 Å². The van der Waals surface area contributed by atoms with Gasteiger partial charge in [-0.3, -0.25) is 0 Å². The molecule has 2 atom stereocenters. The van der Waals surface area contributed by atoms with Crippen molar-refractivity contribution in [3.05, 3.63) is 95.8 Å². The smallest absolute Gasteiger partial charge is 0.437 e. The number of allylic oxidation sites excluding steroid dienone is 2. The van der Waals surface area contributed by atoms with E-state index in [1.165, 1.54) is 0 Å². The van der Waals surface area contributed by atoms with Gasteiger partial charge in [0.25, 0.3) is 0 Å². The Hall–Kier alpha value is -2.90. The lowest BCUT2D eigenvalue weighted by molar-refractivity contribution is -0.207. The third-order valence-electron chi connectivity index (χ3n) is 3.97. The Kier molecular flexibility index (Phi) is 5.62. The Bertz CT molecular complexity index is 725. The molecule has 0 amide bonds. The fourth-order valence-electron chi connectivity index (χ4n) is 2.68. The molecule has 4 rings (SSSR count). The minimum Gasteiger partial charge on any atom is -0.437 e. The van der Waals surface area contributed by atoms with Crippen LogP contribution in [0.15, 0.2) is 84.7 Å². The fourth-order valence-corrected chi connectivity index (χ4v) is 2.68. The minimum absolute atomic E-state index is 0.0890. The molecule has 0 bridgehead atoms. The first kappa shape index (κ1) is 17.5. The lowest BCUT2D eigenvalue weighted by Crippen LogP contribution is -2.24. The molecule has 2 aromatic carbocycles. The molecule has 2 aliphatic rings. The molecular weight excluding hydrogens is 347 g/mol. The minimum atomic E-state index is -0.832. The van der Waals surface area contributed by atoms with Gasteiger partial charge in [-0.2, -0.15) is 0 Å². The molecule has 138 valence electrons. The normalized spacial score (nSPS) is 20.6. The molecule has 2 aromatic rings. The zero-order valence-electron chi connectivity index (χ0n) is 14.7. The van der Waals surface area contributed by atoms with E-state index >= 15 is 0 Å². The Balaban J connectivity index is 1.13. The summed E-state index contributed by atoms with van der Waals surface area (Å²) < 4.78 is 32.6. The van der Waals surface area contributed by atoms with E-state index in [0.717, 1.165) is 11.1 Å². The van der Waals surface area contributed by atoms with Crippen molar-refractivity contribution < 1.29 is 28.3 Å². The van der Waals surface area contributed by atoms with E-state index in [1.54, 1.807) is 12.5 Å². The van der Waals surface area contributed by atoms with Gasteiger partial charge in [-0.15, -0.1) is 0 Å². The van der Waals surface area contributed by atoms with Crippen molar-refractivity contribution in [3.63, 3.8) is 0 Å². The summed E-state index contributed by atoms with van der Waals surface area (Å²) in [6.45, 7) is -1.66. The summed E-state index contributed by atoms with van der Waals surface area (Å²) >= 11 is 0. The second-order valence-electron chi connectivity index (χ2n) is 6.03. The van der Waals surface area contributed by atoms with Gasteiger partial charge < -0.3 is 28.3 Å². The first-order chi connectivity index (χ1) is 13.3. The standard InChI is InChI=1S/C20H19BO6/c1-3-7-15(8-4-1)11-17-13-22-19(24-17)26-21-27-20-23-14-18(25-20)12-16-9-5-2-6-10-16/h1-10,13-14,19-21H,11-12H2. The van der Waals surface area contributed by atoms with Crippen LogP contribution in [-0.4, -0.2) is 20.6 Å². The van der Waals surface area contributed by atoms with Crippen molar-refractivity contribution in [1.29, 1.82) is 0 Å². The zero-order valence-corrected chi connectivity index (χ0v) is 14.7. The van der Waals surface area contributed by atoms with Crippen LogP contribution in [0.4, 0.5) is 0 Å². The highest BCUT2D eigenvalue weighted by Crippen LogP contribution is 2.21. The monoisotopic (exact) mass is 366 g/mol. The SMILES string of the molecule is B(OC1OC=C(Cc2ccccc2)O1)OC1OC=C(Cc2ccccc2)O1. The third-order valence-corrected chi connectivity index (χ3v) is 3.97. The summed E-state index contributed by atoms with van der Waals surface area (Å²) in [5.41, 5.74) is 2.27. The maximum Gasteiger partial charge on any atom is 0.448 e. The van der Waals surface area contributed by atoms with Gasteiger partial charge in [-0.25, -0.2) is 0 Å². The summed E-state index contributed by atoms with van der Waals surface area (Å²) in [6.07, 6.45) is 4.39. The van der Waals surface area contributed by atoms with Gasteiger partial charge in [0.05, 0.1) is 0 Å². The molecule has 7 heteroatoms. The summed E-state index contributed by atoms with van der Waals surface area (Å²) in [5, 5.41) is 0. The van der Waals surface area contributed by atoms with Crippen molar-refractivity contribution in [2.45, 2.75) is 25.8 Å². The van der Waals surface area contributed by atoms with E-state index in [-0.39, 0.29) is 7.69 Å². The predicted octanol–water partition coefficient (Wildman–Crippen LogP) is 3.12. The number of hydrogen-bond donors (Lipinski definition) is 0. The molecule has 0 aliphatic carbocycles. The quantitative estimate of drug-likeness (QED) is 0.670. The average Bonchev–Trinajstić information content (AvgIpc) is 3.33. The van der Waals surface area contributed by atoms with Crippen LogP contribution >= 0.6 is 0 Å². The molecule has 0 saturated carbocycles. The van der Waals surface area contributed by atoms with E-state index in [9.17, 15) is 0 Å². The lowest BCUT2D eigenvalue weighted by Gasteiger charge is -2.15. The number of hydrogen-bond acceptors (Lipinski definition) is 6. The topological polar surface area (TPSA) is 55.4 Å². The maximum absolute atomic E-state index is 5.57. The van der Waals surface area contributed by atoms with Gasteiger partial charge in [0, 0.05) is 12.8 Å². The summed E-state index contributed by atoms with van der Waals surface area (Å²) in [7, 11) is -0.0890. The van der Waals surface area contributed by atoms with Gasteiger partial charge in [-0.1, -0.05) is 60.7 Å². The number of benzene rings is 2. The Morgan fingerprint density at radius 1 is 0.667 bits per heavy atom. The van der Waals surface area contributed by atoms with Crippen LogP contribution in [0.25, 0.3) is 0 Å². The van der Waals surface area contributed by atoms with E-state index < -0.39 is 13.0 Å². The van der Waals surface area contributed by atoms with Crippen molar-refractivity contribution in [1.82, 2.24) is 0 Å². The molecule has 0 fully saturated rings. The highest BCUT2D eigenvalue weighted by atomic mass is 16.9. The molecule has 0 saturated heterocycles. The third kappa shape index (κ3) is 5.06. The molecule has 2 unspecified atom stereocenters. The number of ether oxygens (including phenoxy) is 4. The van der Waals surface area contributed by atoms with E-state index in [4.69, 9.17) is 28.3 Å². The van der Waals surface area contributed by atoms with Crippen LogP contribution in [0.2, 0.25) is 0 Å². The molecule has 0 radical (unpaired) electrons. The van der Waals surface area contributed by atoms with E-state index in [0.29, 0.717) is 24.4 Å². The zero-order chi connectivity index (χ0) is 18.3. The highest BCUT2D eigenvalue weighted by Gasteiger charge is 2.24. The molecule has 2 aliphatic heterocycles. The van der Waals surface area contributed by atoms with Crippen molar-refractivity contribution in [2.75, 3.05) is 0 Å². The summed E-state index contributed by atoms with van der Waals surface area (Å²) in [5.74, 6) is 1.40. The van der Waals surface area contributed by atoms with Gasteiger partial charge in [0.2, 0.25) is 0 Å². The van der Waals surface area contributed by atoms with Crippen molar-refractivity contribution >= 4 is 7.69 Å². The fraction of sp³-hybridized carbons (Fsp3) is 0.200.